The van der Waals surface area contributed by atoms with Crippen molar-refractivity contribution in [3.63, 3.8) is 0 Å². The maximum Gasteiger partial charge on any atom is 0.419 e. The monoisotopic (exact) mass is 613 g/mol. The van der Waals surface area contributed by atoms with E-state index in [-0.39, 0.29) is 11.3 Å². The number of rotatable bonds is 5. The Morgan fingerprint density at radius 3 is 2.18 bits per heavy atom. The first-order chi connectivity index (χ1) is 18.0. The highest BCUT2D eigenvalue weighted by atomic mass is 35.5. The molecule has 0 spiro atoms. The normalized spacial score (nSPS) is 18.0. The second-order valence-corrected chi connectivity index (χ2v) is 10.3. The van der Waals surface area contributed by atoms with Gasteiger partial charge in [-0.2, -0.15) is 13.2 Å². The van der Waals surface area contributed by atoms with Crippen LogP contribution in [0.5, 0.6) is 0 Å². The number of hydrogen-bond acceptors (Lipinski definition) is 3. The zero-order valence-electron chi connectivity index (χ0n) is 18.9. The third-order valence-electron chi connectivity index (χ3n) is 5.91. The average molecular weight is 615 g/mol. The van der Waals surface area contributed by atoms with Gasteiger partial charge in [0.2, 0.25) is 5.91 Å². The van der Waals surface area contributed by atoms with Crippen molar-refractivity contribution >= 4 is 63.7 Å². The highest BCUT2D eigenvalue weighted by Gasteiger charge is 2.67. The molecule has 3 aromatic carbocycles. The lowest BCUT2D eigenvalue weighted by atomic mass is 10.0. The van der Waals surface area contributed by atoms with Crippen LogP contribution in [0.3, 0.4) is 0 Å². The summed E-state index contributed by atoms with van der Waals surface area (Å²) in [5.74, 6) is -9.74. The second-order valence-electron chi connectivity index (χ2n) is 8.45. The van der Waals surface area contributed by atoms with Gasteiger partial charge in [-0.25, -0.2) is 17.6 Å². The third kappa shape index (κ3) is 5.45. The number of halogens is 10. The lowest BCUT2D eigenvalue weighted by Gasteiger charge is -2.12. The Hall–Kier alpha value is -3.22. The molecule has 4 N–H and O–H groups in total. The van der Waals surface area contributed by atoms with Crippen molar-refractivity contribution in [3.05, 3.63) is 87.4 Å². The number of alkyl halides is 5. The molecule has 2 amide bonds. The van der Waals surface area contributed by atoms with E-state index in [1.807, 2.05) is 0 Å². The van der Waals surface area contributed by atoms with Crippen LogP contribution in [0.2, 0.25) is 5.02 Å². The molecule has 0 saturated heterocycles. The smallest absolute Gasteiger partial charge is 0.394 e. The molecule has 0 aromatic heterocycles. The number of anilines is 3. The first kappa shape index (κ1) is 28.8. The van der Waals surface area contributed by atoms with E-state index in [0.29, 0.717) is 12.1 Å². The lowest BCUT2D eigenvalue weighted by molar-refractivity contribution is -0.140. The predicted molar refractivity (Wildman–Crippen MR) is 131 cm³/mol. The maximum absolute atomic E-state index is 14.5. The molecule has 1 saturated carbocycles. The molecule has 1 fully saturated rings. The molecule has 4 rings (SSSR count). The van der Waals surface area contributed by atoms with Crippen LogP contribution in [-0.4, -0.2) is 16.1 Å². The molecule has 0 heterocycles. The van der Waals surface area contributed by atoms with Crippen LogP contribution in [0.15, 0.2) is 42.5 Å². The Labute approximate surface area is 230 Å². The van der Waals surface area contributed by atoms with E-state index in [0.717, 1.165) is 30.3 Å². The van der Waals surface area contributed by atoms with Gasteiger partial charge in [0.05, 0.1) is 27.8 Å². The van der Waals surface area contributed by atoms with E-state index < -0.39 is 85.0 Å². The SMILES string of the molecule is Nc1c(F)ccc(NC(=O)c2cc(NC(=O)[C@H]3[C@H](c4ccc(F)c(C(F)(F)F)c4)C3(Cl)Cl)cc(F)c2Cl)c1F. The molecule has 0 unspecified atom stereocenters. The molecule has 15 heteroatoms. The Morgan fingerprint density at radius 1 is 0.897 bits per heavy atom. The van der Waals surface area contributed by atoms with Gasteiger partial charge in [0.25, 0.3) is 5.91 Å². The third-order valence-corrected chi connectivity index (χ3v) is 7.23. The first-order valence-electron chi connectivity index (χ1n) is 10.6. The molecule has 1 aliphatic carbocycles. The molecule has 206 valence electrons. The van der Waals surface area contributed by atoms with Gasteiger partial charge in [0.15, 0.2) is 5.82 Å². The molecular weight excluding hydrogens is 602 g/mol. The van der Waals surface area contributed by atoms with Gasteiger partial charge >= 0.3 is 6.18 Å². The quantitative estimate of drug-likeness (QED) is 0.161. The number of carbonyl (C=O) groups is 2. The molecule has 1 aliphatic rings. The highest BCUT2D eigenvalue weighted by molar-refractivity contribution is 6.53. The van der Waals surface area contributed by atoms with Gasteiger partial charge < -0.3 is 16.4 Å². The van der Waals surface area contributed by atoms with Crippen LogP contribution >= 0.6 is 34.8 Å². The van der Waals surface area contributed by atoms with Gasteiger partial charge in [-0.05, 0) is 42.0 Å². The Kier molecular flexibility index (Phi) is 7.43. The summed E-state index contributed by atoms with van der Waals surface area (Å²) < 4.78 is 93.2. The minimum Gasteiger partial charge on any atom is -0.394 e. The Balaban J connectivity index is 1.57. The van der Waals surface area contributed by atoms with Crippen molar-refractivity contribution in [1.29, 1.82) is 0 Å². The summed E-state index contributed by atoms with van der Waals surface area (Å²) in [5.41, 5.74) is 1.17. The molecular formula is C24H13Cl3F7N3O2. The largest absolute Gasteiger partial charge is 0.419 e. The molecule has 2 atom stereocenters. The van der Waals surface area contributed by atoms with Crippen molar-refractivity contribution in [3.8, 4) is 0 Å². The van der Waals surface area contributed by atoms with Gasteiger partial charge in [0.1, 0.15) is 27.5 Å². The fourth-order valence-corrected chi connectivity index (χ4v) is 4.95. The summed E-state index contributed by atoms with van der Waals surface area (Å²) in [6.45, 7) is 0. The van der Waals surface area contributed by atoms with Gasteiger partial charge in [0, 0.05) is 11.6 Å². The number of hydrogen-bond donors (Lipinski definition) is 3. The van der Waals surface area contributed by atoms with Gasteiger partial charge in [-0.15, -0.1) is 23.2 Å². The lowest BCUT2D eigenvalue weighted by Crippen LogP contribution is -2.19. The molecule has 5 nitrogen and oxygen atoms in total. The fourth-order valence-electron chi connectivity index (χ4n) is 3.92. The van der Waals surface area contributed by atoms with Crippen molar-refractivity contribution in [2.24, 2.45) is 5.92 Å². The van der Waals surface area contributed by atoms with Crippen LogP contribution in [-0.2, 0) is 11.0 Å². The number of nitrogen functional groups attached to an aromatic ring is 1. The van der Waals surface area contributed by atoms with Crippen molar-refractivity contribution < 1.29 is 40.3 Å². The van der Waals surface area contributed by atoms with E-state index in [9.17, 15) is 40.3 Å². The number of nitrogens with one attached hydrogen (secondary N) is 2. The standard InChI is InChI=1S/C24H13Cl3F7N3O2/c25-18-10(21(38)37-15-4-3-13(29)20(35)19(15)31)6-9(7-14(18)30)36-22(39)17-16(23(17,26)27)8-1-2-12(28)11(5-8)24(32,33)34/h1-7,16-17H,35H2,(H,36,39)(H,37,38)/t16-,17+/m0/s1. The zero-order valence-corrected chi connectivity index (χ0v) is 21.1. The van der Waals surface area contributed by atoms with Crippen molar-refractivity contribution in [1.82, 2.24) is 0 Å². The van der Waals surface area contributed by atoms with E-state index in [2.05, 4.69) is 10.6 Å². The summed E-state index contributed by atoms with van der Waals surface area (Å²) in [5, 5.41) is 3.59. The van der Waals surface area contributed by atoms with E-state index in [4.69, 9.17) is 40.5 Å². The van der Waals surface area contributed by atoms with Crippen LogP contribution < -0.4 is 16.4 Å². The number of carbonyl (C=O) groups excluding carboxylic acids is 2. The average Bonchev–Trinajstić information content (AvgIpc) is 3.42. The zero-order chi connectivity index (χ0) is 29.0. The topological polar surface area (TPSA) is 84.2 Å². The molecule has 3 aromatic rings. The highest BCUT2D eigenvalue weighted by Crippen LogP contribution is 2.65. The van der Waals surface area contributed by atoms with Crippen LogP contribution in [0, 0.1) is 29.2 Å². The number of amides is 2. The molecule has 0 radical (unpaired) electrons. The predicted octanol–water partition coefficient (Wildman–Crippen LogP) is 7.28. The van der Waals surface area contributed by atoms with E-state index in [1.165, 1.54) is 0 Å². The van der Waals surface area contributed by atoms with Crippen LogP contribution in [0.1, 0.15) is 27.4 Å². The minimum atomic E-state index is -5.02. The second kappa shape index (κ2) is 10.1. The molecule has 0 aliphatic heterocycles. The number of benzene rings is 3. The van der Waals surface area contributed by atoms with Crippen molar-refractivity contribution in [2.75, 3.05) is 16.4 Å². The molecule has 0 bridgehead atoms. The Bertz CT molecular complexity index is 1520. The first-order valence-corrected chi connectivity index (χ1v) is 11.8. The summed E-state index contributed by atoms with van der Waals surface area (Å²) in [7, 11) is 0. The minimum absolute atomic E-state index is 0.170. The Morgan fingerprint density at radius 2 is 1.54 bits per heavy atom. The maximum atomic E-state index is 14.5. The fraction of sp³-hybridized carbons (Fsp3) is 0.167. The summed E-state index contributed by atoms with van der Waals surface area (Å²) in [6, 6.07) is 5.34. The van der Waals surface area contributed by atoms with E-state index >= 15 is 0 Å². The summed E-state index contributed by atoms with van der Waals surface area (Å²) in [6.07, 6.45) is -5.02. The van der Waals surface area contributed by atoms with Crippen molar-refractivity contribution in [2.45, 2.75) is 16.4 Å². The number of nitrogens with two attached hydrogens (primary N) is 1. The van der Waals surface area contributed by atoms with Gasteiger partial charge in [-0.1, -0.05) is 17.7 Å². The van der Waals surface area contributed by atoms with E-state index in [1.54, 1.807) is 0 Å². The summed E-state index contributed by atoms with van der Waals surface area (Å²) >= 11 is 18.1. The molecule has 39 heavy (non-hydrogen) atoms. The summed E-state index contributed by atoms with van der Waals surface area (Å²) in [4.78, 5) is 25.5. The van der Waals surface area contributed by atoms with Crippen LogP contribution in [0.4, 0.5) is 47.8 Å². The van der Waals surface area contributed by atoms with Gasteiger partial charge in [-0.3, -0.25) is 9.59 Å². The van der Waals surface area contributed by atoms with Crippen LogP contribution in [0.25, 0.3) is 0 Å².